The van der Waals surface area contributed by atoms with Gasteiger partial charge in [-0.25, -0.2) is 9.78 Å². The van der Waals surface area contributed by atoms with E-state index in [1.165, 1.54) is 0 Å². The highest BCUT2D eigenvalue weighted by Gasteiger charge is 2.31. The molecule has 186 valence electrons. The summed E-state index contributed by atoms with van der Waals surface area (Å²) in [5.41, 5.74) is 6.57. The van der Waals surface area contributed by atoms with Gasteiger partial charge in [0.05, 0.1) is 35.6 Å². The van der Waals surface area contributed by atoms with Crippen molar-refractivity contribution >= 4 is 23.2 Å². The van der Waals surface area contributed by atoms with Gasteiger partial charge in [-0.05, 0) is 55.0 Å². The van der Waals surface area contributed by atoms with Gasteiger partial charge in [-0.1, -0.05) is 13.5 Å². The number of hydrogen-bond acceptors (Lipinski definition) is 6. The van der Waals surface area contributed by atoms with Crippen LogP contribution in [0.4, 0.5) is 0 Å². The van der Waals surface area contributed by atoms with Crippen molar-refractivity contribution in [3.8, 4) is 17.1 Å². The van der Waals surface area contributed by atoms with Crippen molar-refractivity contribution in [3.05, 3.63) is 68.5 Å². The topological polar surface area (TPSA) is 108 Å². The van der Waals surface area contributed by atoms with E-state index in [2.05, 4.69) is 6.58 Å². The minimum absolute atomic E-state index is 0.0105. The molecule has 0 saturated heterocycles. The number of aryl methyl sites for hydroxylation is 2. The fourth-order valence-corrected chi connectivity index (χ4v) is 5.47. The van der Waals surface area contributed by atoms with Crippen LogP contribution >= 0.6 is 0 Å². The molecule has 0 spiro atoms. The number of carbonyl (C=O) groups is 2. The monoisotopic (exact) mass is 488 g/mol. The smallest absolute Gasteiger partial charge is 0.334 e. The molecule has 2 aromatic heterocycles. The van der Waals surface area contributed by atoms with E-state index < -0.39 is 5.97 Å². The minimum atomic E-state index is -1.08. The van der Waals surface area contributed by atoms with Crippen LogP contribution in [0.1, 0.15) is 53.5 Å². The number of aliphatic carboxylic acids is 1. The van der Waals surface area contributed by atoms with E-state index in [1.54, 1.807) is 11.7 Å². The van der Waals surface area contributed by atoms with Gasteiger partial charge in [0, 0.05) is 35.1 Å². The Hall–Kier alpha value is -3.78. The Morgan fingerprint density at radius 1 is 1.28 bits per heavy atom. The van der Waals surface area contributed by atoms with Crippen LogP contribution in [0.15, 0.2) is 35.1 Å². The molecule has 3 heterocycles. The molecular weight excluding hydrogens is 460 g/mol. The molecule has 3 aromatic rings. The highest BCUT2D eigenvalue weighted by atomic mass is 16.5. The van der Waals surface area contributed by atoms with Gasteiger partial charge in [0.2, 0.25) is 0 Å². The molecule has 1 unspecified atom stereocenters. The van der Waals surface area contributed by atoms with Crippen LogP contribution in [0.3, 0.4) is 0 Å². The summed E-state index contributed by atoms with van der Waals surface area (Å²) in [5.74, 6) is -0.829. The number of fused-ring (bicyclic) bond motifs is 4. The van der Waals surface area contributed by atoms with Gasteiger partial charge in [0.15, 0.2) is 0 Å². The third-order valence-corrected chi connectivity index (χ3v) is 7.28. The van der Waals surface area contributed by atoms with E-state index in [0.29, 0.717) is 29.8 Å². The van der Waals surface area contributed by atoms with Crippen molar-refractivity contribution < 1.29 is 24.2 Å². The lowest BCUT2D eigenvalue weighted by Crippen LogP contribution is -2.26. The molecule has 36 heavy (non-hydrogen) atoms. The summed E-state index contributed by atoms with van der Waals surface area (Å²) >= 11 is 0. The molecule has 8 heteroatoms. The summed E-state index contributed by atoms with van der Waals surface area (Å²) in [7, 11) is 1.54. The van der Waals surface area contributed by atoms with Gasteiger partial charge in [-0.3, -0.25) is 4.79 Å². The number of aldehydes is 1. The molecule has 0 saturated carbocycles. The first-order chi connectivity index (χ1) is 17.4. The second-order valence-electron chi connectivity index (χ2n) is 9.34. The van der Waals surface area contributed by atoms with Gasteiger partial charge < -0.3 is 23.9 Å². The molecule has 0 amide bonds. The second-order valence-corrected chi connectivity index (χ2v) is 9.34. The maximum absolute atomic E-state index is 13.6. The number of hydrogen-bond donors (Lipinski definition) is 1. The Labute approximate surface area is 208 Å². The van der Waals surface area contributed by atoms with E-state index in [4.69, 9.17) is 19.6 Å². The SMILES string of the molecule is C=C(COc1ccc2nc3c(c4c2c1CCC4)Cn1c-3cc(C(C=O)CC)c(COC)c1=O)C(=O)O. The number of pyridine rings is 2. The van der Waals surface area contributed by atoms with Crippen molar-refractivity contribution in [3.63, 3.8) is 0 Å². The predicted octanol–water partition coefficient (Wildman–Crippen LogP) is 3.77. The lowest BCUT2D eigenvalue weighted by atomic mass is 9.86. The summed E-state index contributed by atoms with van der Waals surface area (Å²) in [6, 6.07) is 5.65. The second kappa shape index (κ2) is 9.35. The van der Waals surface area contributed by atoms with E-state index in [1.807, 2.05) is 25.1 Å². The van der Waals surface area contributed by atoms with Crippen LogP contribution in [0.25, 0.3) is 22.3 Å². The standard InChI is InChI=1S/C28H28N2O6/c1-4-16(12-31)19-10-23-26-20(11-30(23)27(32)21(19)14-35-3)17-6-5-7-18-24(36-13-15(2)28(33)34)9-8-22(29-26)25(17)18/h8-10,12,16H,2,4-7,11,13-14H2,1,3H3,(H,33,34). The van der Waals surface area contributed by atoms with Crippen molar-refractivity contribution in [2.75, 3.05) is 13.7 Å². The first-order valence-corrected chi connectivity index (χ1v) is 12.1. The molecule has 1 aliphatic carbocycles. The number of carbonyl (C=O) groups excluding carboxylic acids is 1. The number of methoxy groups -OCH3 is 1. The minimum Gasteiger partial charge on any atom is -0.488 e. The zero-order valence-electron chi connectivity index (χ0n) is 20.4. The Balaban J connectivity index is 1.68. The fraction of sp³-hybridized carbons (Fsp3) is 0.357. The van der Waals surface area contributed by atoms with Gasteiger partial charge in [-0.2, -0.15) is 0 Å². The zero-order chi connectivity index (χ0) is 25.6. The summed E-state index contributed by atoms with van der Waals surface area (Å²) in [5, 5.41) is 10.1. The first-order valence-electron chi connectivity index (χ1n) is 12.1. The number of carboxylic acids is 1. The highest BCUT2D eigenvalue weighted by molar-refractivity contribution is 5.93. The van der Waals surface area contributed by atoms with Crippen LogP contribution in [0, 0.1) is 0 Å². The highest BCUT2D eigenvalue weighted by Crippen LogP contribution is 2.42. The normalized spacial score (nSPS) is 14.3. The number of nitrogens with zero attached hydrogens (tertiary/aromatic N) is 2. The van der Waals surface area contributed by atoms with E-state index >= 15 is 0 Å². The third-order valence-electron chi connectivity index (χ3n) is 7.28. The molecule has 1 N–H and O–H groups in total. The van der Waals surface area contributed by atoms with E-state index in [9.17, 15) is 14.4 Å². The third kappa shape index (κ3) is 3.73. The summed E-state index contributed by atoms with van der Waals surface area (Å²) in [6.45, 7) is 5.94. The summed E-state index contributed by atoms with van der Waals surface area (Å²) in [6.07, 6.45) is 4.05. The molecule has 0 fully saturated rings. The van der Waals surface area contributed by atoms with Crippen LogP contribution in [-0.2, 0) is 40.3 Å². The van der Waals surface area contributed by atoms with Crippen molar-refractivity contribution in [1.29, 1.82) is 0 Å². The van der Waals surface area contributed by atoms with Crippen molar-refractivity contribution in [1.82, 2.24) is 9.55 Å². The van der Waals surface area contributed by atoms with Crippen molar-refractivity contribution in [2.45, 2.75) is 51.7 Å². The Kier molecular flexibility index (Phi) is 6.22. The number of carboxylic acid groups (broad SMARTS) is 1. The van der Waals surface area contributed by atoms with Crippen LogP contribution in [-0.4, -0.2) is 40.6 Å². The Morgan fingerprint density at radius 3 is 2.75 bits per heavy atom. The lowest BCUT2D eigenvalue weighted by molar-refractivity contribution is -0.133. The molecule has 5 rings (SSSR count). The van der Waals surface area contributed by atoms with Crippen molar-refractivity contribution in [2.24, 2.45) is 0 Å². The largest absolute Gasteiger partial charge is 0.488 e. The van der Waals surface area contributed by atoms with Gasteiger partial charge in [0.1, 0.15) is 18.6 Å². The average molecular weight is 489 g/mol. The fourth-order valence-electron chi connectivity index (χ4n) is 5.47. The van der Waals surface area contributed by atoms with Gasteiger partial charge >= 0.3 is 5.97 Å². The molecule has 1 aliphatic heterocycles. The predicted molar refractivity (Wildman–Crippen MR) is 135 cm³/mol. The van der Waals surface area contributed by atoms with Crippen LogP contribution < -0.4 is 10.3 Å². The van der Waals surface area contributed by atoms with E-state index in [-0.39, 0.29) is 30.3 Å². The Morgan fingerprint density at radius 2 is 2.06 bits per heavy atom. The molecule has 1 aromatic carbocycles. The number of benzene rings is 1. The molecular formula is C28H28N2O6. The molecule has 1 atom stereocenters. The number of ether oxygens (including phenoxy) is 2. The first kappa shape index (κ1) is 23.9. The maximum Gasteiger partial charge on any atom is 0.334 e. The number of rotatable bonds is 9. The van der Waals surface area contributed by atoms with Crippen LogP contribution in [0.2, 0.25) is 0 Å². The quantitative estimate of drug-likeness (QED) is 0.282. The lowest BCUT2D eigenvalue weighted by Gasteiger charge is -2.22. The molecule has 0 radical (unpaired) electrons. The van der Waals surface area contributed by atoms with Gasteiger partial charge in [0.25, 0.3) is 5.56 Å². The van der Waals surface area contributed by atoms with Crippen LogP contribution in [0.5, 0.6) is 5.75 Å². The zero-order valence-corrected chi connectivity index (χ0v) is 20.4. The molecule has 8 nitrogen and oxygen atoms in total. The van der Waals surface area contributed by atoms with E-state index in [0.717, 1.165) is 64.5 Å². The Bertz CT molecular complexity index is 1490. The average Bonchev–Trinajstić information content (AvgIpc) is 3.25. The number of aromatic nitrogens is 2. The van der Waals surface area contributed by atoms with Gasteiger partial charge in [-0.15, -0.1) is 0 Å². The molecule has 2 aliphatic rings. The summed E-state index contributed by atoms with van der Waals surface area (Å²) in [4.78, 5) is 41.5. The molecule has 0 bridgehead atoms. The summed E-state index contributed by atoms with van der Waals surface area (Å²) < 4.78 is 12.9. The maximum atomic E-state index is 13.6.